The average Bonchev–Trinajstić information content (AvgIpc) is 2.75. The van der Waals surface area contributed by atoms with Gasteiger partial charge in [-0.2, -0.15) is 5.26 Å². The minimum absolute atomic E-state index is 0.238. The van der Waals surface area contributed by atoms with E-state index >= 15 is 0 Å². The van der Waals surface area contributed by atoms with Crippen LogP contribution in [-0.2, 0) is 5.54 Å². The molecule has 0 bridgehead atoms. The van der Waals surface area contributed by atoms with E-state index in [1.807, 2.05) is 0 Å². The molecule has 0 amide bonds. The van der Waals surface area contributed by atoms with E-state index in [-0.39, 0.29) is 5.54 Å². The Hall–Kier alpha value is -1.23. The smallest absolute Gasteiger partial charge is 0.131 e. The fourth-order valence-corrected chi connectivity index (χ4v) is 2.69. The molecule has 1 fully saturated rings. The molecule has 0 unspecified atom stereocenters. The van der Waals surface area contributed by atoms with E-state index in [9.17, 15) is 5.26 Å². The number of aryl methyl sites for hydroxylation is 2. The van der Waals surface area contributed by atoms with Gasteiger partial charge < -0.3 is 4.57 Å². The van der Waals surface area contributed by atoms with E-state index < -0.39 is 0 Å². The van der Waals surface area contributed by atoms with E-state index in [1.165, 1.54) is 24.2 Å². The highest BCUT2D eigenvalue weighted by Gasteiger charge is 2.36. The van der Waals surface area contributed by atoms with Crippen LogP contribution in [0.2, 0.25) is 0 Å². The van der Waals surface area contributed by atoms with Gasteiger partial charge in [-0.3, -0.25) is 0 Å². The van der Waals surface area contributed by atoms with E-state index in [0.717, 1.165) is 12.8 Å². The summed E-state index contributed by atoms with van der Waals surface area (Å²) in [7, 11) is 0. The molecular weight excluding hydrogens is 172 g/mol. The molecule has 2 rings (SSSR count). The predicted octanol–water partition coefficient (Wildman–Crippen LogP) is 2.90. The third-order valence-corrected chi connectivity index (χ3v) is 3.34. The molecule has 1 saturated carbocycles. The standard InChI is InChI=1S/C12H16N2/c1-10-5-6-11(2)14(10)12(9-13)7-3-4-8-12/h5-6H,3-4,7-8H2,1-2H3. The Kier molecular flexibility index (Phi) is 2.11. The summed E-state index contributed by atoms with van der Waals surface area (Å²) in [6.07, 6.45) is 4.40. The second kappa shape index (κ2) is 3.16. The third-order valence-electron chi connectivity index (χ3n) is 3.34. The first kappa shape index (κ1) is 9.33. The molecule has 1 aliphatic rings. The predicted molar refractivity (Wildman–Crippen MR) is 56.0 cm³/mol. The fraction of sp³-hybridized carbons (Fsp3) is 0.583. The highest BCUT2D eigenvalue weighted by molar-refractivity contribution is 5.22. The minimum atomic E-state index is -0.238. The Morgan fingerprint density at radius 3 is 2.14 bits per heavy atom. The molecule has 0 atom stereocenters. The van der Waals surface area contributed by atoms with Crippen LogP contribution in [0.5, 0.6) is 0 Å². The maximum absolute atomic E-state index is 9.37. The molecule has 1 aliphatic carbocycles. The Balaban J connectivity index is 2.52. The maximum Gasteiger partial charge on any atom is 0.131 e. The van der Waals surface area contributed by atoms with E-state index in [4.69, 9.17) is 0 Å². The van der Waals surface area contributed by atoms with Gasteiger partial charge in [0.2, 0.25) is 0 Å². The van der Waals surface area contributed by atoms with Gasteiger partial charge in [0, 0.05) is 11.4 Å². The van der Waals surface area contributed by atoms with Crippen molar-refractivity contribution in [1.29, 1.82) is 5.26 Å². The van der Waals surface area contributed by atoms with Crippen LogP contribution in [0.4, 0.5) is 0 Å². The molecule has 0 spiro atoms. The number of hydrogen-bond donors (Lipinski definition) is 0. The van der Waals surface area contributed by atoms with Gasteiger partial charge in [0.25, 0.3) is 0 Å². The molecule has 0 radical (unpaired) electrons. The molecule has 0 saturated heterocycles. The van der Waals surface area contributed by atoms with Gasteiger partial charge >= 0.3 is 0 Å². The Morgan fingerprint density at radius 2 is 1.71 bits per heavy atom. The summed E-state index contributed by atoms with van der Waals surface area (Å²) in [5.74, 6) is 0. The van der Waals surface area contributed by atoms with Crippen LogP contribution in [0, 0.1) is 25.2 Å². The lowest BCUT2D eigenvalue weighted by Crippen LogP contribution is -2.30. The van der Waals surface area contributed by atoms with Gasteiger partial charge in [-0.05, 0) is 51.7 Å². The number of nitrogens with zero attached hydrogens (tertiary/aromatic N) is 2. The van der Waals surface area contributed by atoms with Crippen molar-refractivity contribution < 1.29 is 0 Å². The fourth-order valence-electron chi connectivity index (χ4n) is 2.69. The third kappa shape index (κ3) is 1.16. The summed E-state index contributed by atoms with van der Waals surface area (Å²) in [6.45, 7) is 4.18. The van der Waals surface area contributed by atoms with Crippen LogP contribution >= 0.6 is 0 Å². The zero-order valence-electron chi connectivity index (χ0n) is 8.88. The number of hydrogen-bond acceptors (Lipinski definition) is 1. The van der Waals surface area contributed by atoms with E-state index in [2.05, 4.69) is 36.6 Å². The molecule has 14 heavy (non-hydrogen) atoms. The van der Waals surface area contributed by atoms with Crippen molar-refractivity contribution in [3.63, 3.8) is 0 Å². The van der Waals surface area contributed by atoms with Crippen molar-refractivity contribution in [2.45, 2.75) is 45.1 Å². The lowest BCUT2D eigenvalue weighted by atomic mass is 9.99. The van der Waals surface area contributed by atoms with Crippen LogP contribution in [0.15, 0.2) is 12.1 Å². The maximum atomic E-state index is 9.37. The number of aromatic nitrogens is 1. The molecule has 1 aromatic rings. The largest absolute Gasteiger partial charge is 0.330 e. The van der Waals surface area contributed by atoms with Gasteiger partial charge in [-0.1, -0.05) is 0 Å². The molecular formula is C12H16N2. The second-order valence-corrected chi connectivity index (χ2v) is 4.30. The van der Waals surface area contributed by atoms with E-state index in [1.54, 1.807) is 0 Å². The van der Waals surface area contributed by atoms with Crippen molar-refractivity contribution in [3.05, 3.63) is 23.5 Å². The Morgan fingerprint density at radius 1 is 1.21 bits per heavy atom. The van der Waals surface area contributed by atoms with Gasteiger partial charge in [-0.15, -0.1) is 0 Å². The van der Waals surface area contributed by atoms with Crippen LogP contribution in [0.25, 0.3) is 0 Å². The average molecular weight is 188 g/mol. The van der Waals surface area contributed by atoms with Crippen LogP contribution in [-0.4, -0.2) is 4.57 Å². The van der Waals surface area contributed by atoms with Crippen molar-refractivity contribution in [1.82, 2.24) is 4.57 Å². The van der Waals surface area contributed by atoms with Crippen LogP contribution in [0.1, 0.15) is 37.1 Å². The zero-order valence-corrected chi connectivity index (χ0v) is 8.88. The Bertz CT molecular complexity index is 356. The van der Waals surface area contributed by atoms with Crippen LogP contribution in [0.3, 0.4) is 0 Å². The highest BCUT2D eigenvalue weighted by Crippen LogP contribution is 2.38. The summed E-state index contributed by atoms with van der Waals surface area (Å²) in [5.41, 5.74) is 2.19. The minimum Gasteiger partial charge on any atom is -0.330 e. The van der Waals surface area contributed by atoms with Gasteiger partial charge in [0.05, 0.1) is 6.07 Å². The SMILES string of the molecule is Cc1ccc(C)n1C1(C#N)CCCC1. The van der Waals surface area contributed by atoms with Gasteiger partial charge in [-0.25, -0.2) is 0 Å². The van der Waals surface area contributed by atoms with Gasteiger partial charge in [0.1, 0.15) is 5.54 Å². The highest BCUT2D eigenvalue weighted by atomic mass is 15.1. The molecule has 0 N–H and O–H groups in total. The number of rotatable bonds is 1. The zero-order chi connectivity index (χ0) is 10.2. The van der Waals surface area contributed by atoms with Gasteiger partial charge in [0.15, 0.2) is 0 Å². The summed E-state index contributed by atoms with van der Waals surface area (Å²) >= 11 is 0. The quantitative estimate of drug-likeness (QED) is 0.666. The topological polar surface area (TPSA) is 28.7 Å². The van der Waals surface area contributed by atoms with Crippen LogP contribution < -0.4 is 0 Å². The molecule has 2 nitrogen and oxygen atoms in total. The number of nitriles is 1. The first-order valence-corrected chi connectivity index (χ1v) is 5.26. The first-order chi connectivity index (χ1) is 6.69. The second-order valence-electron chi connectivity index (χ2n) is 4.30. The molecule has 1 heterocycles. The molecule has 74 valence electrons. The summed E-state index contributed by atoms with van der Waals surface area (Å²) in [5, 5.41) is 9.37. The molecule has 0 aromatic carbocycles. The monoisotopic (exact) mass is 188 g/mol. The lowest BCUT2D eigenvalue weighted by molar-refractivity contribution is 0.382. The van der Waals surface area contributed by atoms with Crippen molar-refractivity contribution >= 4 is 0 Å². The van der Waals surface area contributed by atoms with Crippen molar-refractivity contribution in [3.8, 4) is 6.07 Å². The van der Waals surface area contributed by atoms with E-state index in [0.29, 0.717) is 0 Å². The lowest BCUT2D eigenvalue weighted by Gasteiger charge is -2.26. The molecule has 1 aromatic heterocycles. The summed E-state index contributed by atoms with van der Waals surface area (Å²) < 4.78 is 2.22. The molecule has 2 heteroatoms. The Labute approximate surface area is 85.2 Å². The van der Waals surface area contributed by atoms with Crippen molar-refractivity contribution in [2.75, 3.05) is 0 Å². The first-order valence-electron chi connectivity index (χ1n) is 5.26. The summed E-state index contributed by atoms with van der Waals surface area (Å²) in [6, 6.07) is 6.73. The molecule has 0 aliphatic heterocycles. The normalized spacial score (nSPS) is 19.5. The van der Waals surface area contributed by atoms with Crippen molar-refractivity contribution in [2.24, 2.45) is 0 Å². The summed E-state index contributed by atoms with van der Waals surface area (Å²) in [4.78, 5) is 0.